The molecule has 0 heterocycles. The Morgan fingerprint density at radius 3 is 2.31 bits per heavy atom. The molecule has 0 radical (unpaired) electrons. The van der Waals surface area contributed by atoms with Crippen molar-refractivity contribution in [2.45, 2.75) is 38.5 Å². The topological polar surface area (TPSA) is 102 Å². The molecule has 0 aliphatic heterocycles. The van der Waals surface area contributed by atoms with E-state index < -0.39 is 29.7 Å². The van der Waals surface area contributed by atoms with Gasteiger partial charge in [0, 0.05) is 6.42 Å². The summed E-state index contributed by atoms with van der Waals surface area (Å²) in [5.41, 5.74) is 0.0561. The van der Waals surface area contributed by atoms with Gasteiger partial charge in [0.15, 0.2) is 0 Å². The third kappa shape index (κ3) is 5.85. The Balaban J connectivity index is 1.64. The number of esters is 1. The Kier molecular flexibility index (Phi) is 7.10. The first-order valence-electron chi connectivity index (χ1n) is 10.2. The van der Waals surface area contributed by atoms with E-state index in [-0.39, 0.29) is 13.0 Å². The van der Waals surface area contributed by atoms with Crippen LogP contribution in [0.25, 0.3) is 10.8 Å². The van der Waals surface area contributed by atoms with Crippen LogP contribution in [0.1, 0.15) is 25.0 Å². The predicted octanol–water partition coefficient (Wildman–Crippen LogP) is 4.08. The van der Waals surface area contributed by atoms with Gasteiger partial charge in [-0.1, -0.05) is 72.8 Å². The fourth-order valence-corrected chi connectivity index (χ4v) is 3.19. The van der Waals surface area contributed by atoms with E-state index in [9.17, 15) is 19.5 Å². The second kappa shape index (κ2) is 9.96. The van der Waals surface area contributed by atoms with Gasteiger partial charge in [-0.15, -0.1) is 0 Å². The molecule has 3 rings (SSSR count). The van der Waals surface area contributed by atoms with E-state index in [2.05, 4.69) is 5.32 Å². The molecule has 32 heavy (non-hydrogen) atoms. The van der Waals surface area contributed by atoms with Gasteiger partial charge in [0.25, 0.3) is 0 Å². The summed E-state index contributed by atoms with van der Waals surface area (Å²) in [4.78, 5) is 36.6. The van der Waals surface area contributed by atoms with Crippen molar-refractivity contribution in [3.05, 3.63) is 83.9 Å². The highest BCUT2D eigenvalue weighted by Gasteiger charge is 2.35. The molecule has 0 bridgehead atoms. The molecule has 0 aliphatic carbocycles. The van der Waals surface area contributed by atoms with Gasteiger partial charge in [-0.05, 0) is 35.7 Å². The van der Waals surface area contributed by atoms with Crippen molar-refractivity contribution in [2.24, 2.45) is 0 Å². The number of rotatable bonds is 8. The Labute approximate surface area is 186 Å². The minimum Gasteiger partial charge on any atom is -0.478 e. The Morgan fingerprint density at radius 2 is 1.59 bits per heavy atom. The molecule has 0 saturated carbocycles. The van der Waals surface area contributed by atoms with E-state index in [1.54, 1.807) is 18.2 Å². The highest BCUT2D eigenvalue weighted by Crippen LogP contribution is 2.21. The number of carbonyl (C=O) groups excluding carboxylic acids is 2. The summed E-state index contributed by atoms with van der Waals surface area (Å²) in [5, 5.41) is 13.9. The zero-order chi connectivity index (χ0) is 23.1. The molecular weight excluding hydrogens is 410 g/mol. The largest absolute Gasteiger partial charge is 0.478 e. The molecule has 166 valence electrons. The van der Waals surface area contributed by atoms with Gasteiger partial charge in [0.05, 0.1) is 0 Å². The van der Waals surface area contributed by atoms with Gasteiger partial charge in [-0.3, -0.25) is 0 Å². The lowest BCUT2D eigenvalue weighted by Crippen LogP contribution is -2.52. The number of nitrogens with one attached hydrogen (secondary N) is 1. The summed E-state index contributed by atoms with van der Waals surface area (Å²) in [6.07, 6.45) is -2.22. The molecule has 2 N–H and O–H groups in total. The average Bonchev–Trinajstić information content (AvgIpc) is 2.77. The number of benzene rings is 3. The molecule has 3 aromatic rings. The van der Waals surface area contributed by atoms with Crippen LogP contribution in [0.3, 0.4) is 0 Å². The molecule has 0 saturated heterocycles. The SMILES string of the molecule is CC(C)(NC(=O)OCc1ccccc1)C(=O)O[C@@H](Cc1cccc2ccccc12)C(=O)O. The second-order valence-corrected chi connectivity index (χ2v) is 7.89. The van der Waals surface area contributed by atoms with Crippen LogP contribution in [0, 0.1) is 0 Å². The third-order valence-corrected chi connectivity index (χ3v) is 4.95. The van der Waals surface area contributed by atoms with Crippen LogP contribution in [0.2, 0.25) is 0 Å². The van der Waals surface area contributed by atoms with Gasteiger partial charge in [0.2, 0.25) is 6.10 Å². The molecule has 1 amide bonds. The molecular formula is C25H25NO6. The van der Waals surface area contributed by atoms with E-state index in [1.165, 1.54) is 13.8 Å². The highest BCUT2D eigenvalue weighted by molar-refractivity contribution is 5.88. The summed E-state index contributed by atoms with van der Waals surface area (Å²) < 4.78 is 10.4. The molecule has 7 nitrogen and oxygen atoms in total. The van der Waals surface area contributed by atoms with Crippen molar-refractivity contribution in [3.63, 3.8) is 0 Å². The first-order valence-corrected chi connectivity index (χ1v) is 10.2. The van der Waals surface area contributed by atoms with Crippen LogP contribution >= 0.6 is 0 Å². The summed E-state index contributed by atoms with van der Waals surface area (Å²) in [5.74, 6) is -2.14. The molecule has 0 fully saturated rings. The fraction of sp³-hybridized carbons (Fsp3) is 0.240. The first-order chi connectivity index (χ1) is 15.3. The smallest absolute Gasteiger partial charge is 0.408 e. The standard InChI is InChI=1S/C25H25NO6/c1-25(2,26-24(30)31-16-17-9-4-3-5-10-17)23(29)32-21(22(27)28)15-19-13-8-12-18-11-6-7-14-20(18)19/h3-14,21H,15-16H2,1-2H3,(H,26,30)(H,27,28)/t21-/m0/s1. The maximum absolute atomic E-state index is 12.7. The van der Waals surface area contributed by atoms with Crippen molar-refractivity contribution in [3.8, 4) is 0 Å². The van der Waals surface area contributed by atoms with Crippen molar-refractivity contribution in [1.29, 1.82) is 0 Å². The van der Waals surface area contributed by atoms with E-state index in [1.807, 2.05) is 54.6 Å². The number of ether oxygens (including phenoxy) is 2. The number of carboxylic acids is 1. The number of carbonyl (C=O) groups is 3. The lowest BCUT2D eigenvalue weighted by molar-refractivity contribution is -0.167. The molecule has 0 spiro atoms. The summed E-state index contributed by atoms with van der Waals surface area (Å²) >= 11 is 0. The normalized spacial score (nSPS) is 12.1. The molecule has 3 aromatic carbocycles. The lowest BCUT2D eigenvalue weighted by atomic mass is 9.99. The van der Waals surface area contributed by atoms with Crippen molar-refractivity contribution in [2.75, 3.05) is 0 Å². The monoisotopic (exact) mass is 435 g/mol. The Morgan fingerprint density at radius 1 is 0.938 bits per heavy atom. The van der Waals surface area contributed by atoms with Crippen molar-refractivity contribution < 1.29 is 29.0 Å². The van der Waals surface area contributed by atoms with E-state index in [4.69, 9.17) is 9.47 Å². The zero-order valence-electron chi connectivity index (χ0n) is 17.9. The maximum Gasteiger partial charge on any atom is 0.408 e. The van der Waals surface area contributed by atoms with Crippen LogP contribution in [-0.4, -0.2) is 34.8 Å². The van der Waals surface area contributed by atoms with Gasteiger partial charge in [0.1, 0.15) is 12.1 Å². The second-order valence-electron chi connectivity index (χ2n) is 7.89. The summed E-state index contributed by atoms with van der Waals surface area (Å²) in [7, 11) is 0. The van der Waals surface area contributed by atoms with Crippen LogP contribution in [0.5, 0.6) is 0 Å². The van der Waals surface area contributed by atoms with Crippen LogP contribution in [0.4, 0.5) is 4.79 Å². The van der Waals surface area contributed by atoms with Gasteiger partial charge < -0.3 is 19.9 Å². The number of amides is 1. The molecule has 0 aromatic heterocycles. The Bertz CT molecular complexity index is 1100. The molecule has 0 aliphatic rings. The Hall–Kier alpha value is -3.87. The van der Waals surface area contributed by atoms with Crippen molar-refractivity contribution in [1.82, 2.24) is 5.32 Å². The van der Waals surface area contributed by atoms with Crippen LogP contribution in [0.15, 0.2) is 72.8 Å². The predicted molar refractivity (Wildman–Crippen MR) is 119 cm³/mol. The van der Waals surface area contributed by atoms with E-state index in [0.717, 1.165) is 21.9 Å². The summed E-state index contributed by atoms with van der Waals surface area (Å²) in [6, 6.07) is 22.2. The number of hydrogen-bond donors (Lipinski definition) is 2. The number of alkyl carbamates (subject to hydrolysis) is 1. The quantitative estimate of drug-likeness (QED) is 0.517. The molecule has 0 unspecified atom stereocenters. The van der Waals surface area contributed by atoms with Crippen molar-refractivity contribution >= 4 is 28.8 Å². The third-order valence-electron chi connectivity index (χ3n) is 4.95. The van der Waals surface area contributed by atoms with Gasteiger partial charge >= 0.3 is 18.0 Å². The fourth-order valence-electron chi connectivity index (χ4n) is 3.19. The molecule has 1 atom stereocenters. The zero-order valence-corrected chi connectivity index (χ0v) is 17.9. The molecule has 7 heteroatoms. The van der Waals surface area contributed by atoms with Gasteiger partial charge in [-0.25, -0.2) is 14.4 Å². The first kappa shape index (κ1) is 22.8. The van der Waals surface area contributed by atoms with Crippen LogP contribution < -0.4 is 5.32 Å². The van der Waals surface area contributed by atoms with E-state index in [0.29, 0.717) is 0 Å². The minimum atomic E-state index is -1.49. The van der Waals surface area contributed by atoms with E-state index >= 15 is 0 Å². The van der Waals surface area contributed by atoms with Gasteiger partial charge in [-0.2, -0.15) is 0 Å². The number of hydrogen-bond acceptors (Lipinski definition) is 5. The number of fused-ring (bicyclic) bond motifs is 1. The maximum atomic E-state index is 12.7. The number of carboxylic acid groups (broad SMARTS) is 1. The van der Waals surface area contributed by atoms with Crippen LogP contribution in [-0.2, 0) is 32.1 Å². The summed E-state index contributed by atoms with van der Waals surface area (Å²) in [6.45, 7) is 2.89. The number of aliphatic carboxylic acids is 1. The lowest BCUT2D eigenvalue weighted by Gasteiger charge is -2.26. The highest BCUT2D eigenvalue weighted by atomic mass is 16.6. The minimum absolute atomic E-state index is 0.00302. The average molecular weight is 435 g/mol.